The van der Waals surface area contributed by atoms with E-state index in [2.05, 4.69) is 10.6 Å². The van der Waals surface area contributed by atoms with Gasteiger partial charge in [-0.05, 0) is 24.3 Å². The molecule has 2 amide bonds. The van der Waals surface area contributed by atoms with Gasteiger partial charge in [0.2, 0.25) is 5.91 Å². The third-order valence-electron chi connectivity index (χ3n) is 4.75. The predicted octanol–water partition coefficient (Wildman–Crippen LogP) is 0.691. The number of aliphatic hydroxyl groups is 1. The Balaban J connectivity index is 1.94. The maximum Gasteiger partial charge on any atom is 0.408 e. The van der Waals surface area contributed by atoms with E-state index in [1.54, 1.807) is 24.3 Å². The summed E-state index contributed by atoms with van der Waals surface area (Å²) in [6.07, 6.45) is 0.941. The van der Waals surface area contributed by atoms with Gasteiger partial charge in [-0.25, -0.2) is 9.59 Å². The Morgan fingerprint density at radius 2 is 1.93 bits per heavy atom. The standard InChI is InChI=1S/C20H26N2O7/c1-28-19(26)17(14-8-5-9-15(24)10-14)22-18(25)16(11-23)21-20(27)29-12-13-6-3-2-4-7-13/h2-4,6-7,14,16-17,23H,5,8-12H2,1H3,(H,21,27)(H,22,25)/t14-,16+,17+/m1/s1. The highest BCUT2D eigenvalue weighted by Crippen LogP contribution is 2.25. The van der Waals surface area contributed by atoms with Crippen LogP contribution in [0.15, 0.2) is 30.3 Å². The van der Waals surface area contributed by atoms with E-state index in [1.165, 1.54) is 7.11 Å². The normalized spacial score (nSPS) is 18.3. The molecule has 1 fully saturated rings. The van der Waals surface area contributed by atoms with Crippen LogP contribution in [0, 0.1) is 5.92 Å². The van der Waals surface area contributed by atoms with Gasteiger partial charge in [0.15, 0.2) is 0 Å². The molecule has 1 saturated carbocycles. The van der Waals surface area contributed by atoms with Crippen molar-refractivity contribution in [2.45, 2.75) is 44.4 Å². The number of ketones is 1. The van der Waals surface area contributed by atoms with Crippen molar-refractivity contribution in [3.05, 3.63) is 35.9 Å². The number of rotatable bonds is 8. The smallest absolute Gasteiger partial charge is 0.408 e. The van der Waals surface area contributed by atoms with E-state index in [0.29, 0.717) is 19.3 Å². The lowest BCUT2D eigenvalue weighted by molar-refractivity contribution is -0.147. The van der Waals surface area contributed by atoms with Crippen molar-refractivity contribution in [2.75, 3.05) is 13.7 Å². The highest BCUT2D eigenvalue weighted by atomic mass is 16.5. The Morgan fingerprint density at radius 3 is 2.55 bits per heavy atom. The zero-order valence-electron chi connectivity index (χ0n) is 16.3. The monoisotopic (exact) mass is 406 g/mol. The van der Waals surface area contributed by atoms with E-state index in [1.807, 2.05) is 6.07 Å². The second kappa shape index (κ2) is 11.2. The van der Waals surface area contributed by atoms with Gasteiger partial charge in [0.1, 0.15) is 24.5 Å². The van der Waals surface area contributed by atoms with Crippen molar-refractivity contribution in [3.63, 3.8) is 0 Å². The van der Waals surface area contributed by atoms with Gasteiger partial charge in [-0.1, -0.05) is 30.3 Å². The summed E-state index contributed by atoms with van der Waals surface area (Å²) in [5, 5.41) is 14.3. The second-order valence-electron chi connectivity index (χ2n) is 6.85. The lowest BCUT2D eigenvalue weighted by Gasteiger charge is -2.29. The number of methoxy groups -OCH3 is 1. The summed E-state index contributed by atoms with van der Waals surface area (Å²) in [7, 11) is 1.19. The fourth-order valence-corrected chi connectivity index (χ4v) is 3.19. The maximum atomic E-state index is 12.5. The minimum absolute atomic E-state index is 0.00140. The van der Waals surface area contributed by atoms with Gasteiger partial charge in [-0.2, -0.15) is 0 Å². The molecule has 9 nitrogen and oxygen atoms in total. The van der Waals surface area contributed by atoms with Gasteiger partial charge >= 0.3 is 12.1 Å². The fourth-order valence-electron chi connectivity index (χ4n) is 3.19. The molecule has 1 aromatic carbocycles. The molecular weight excluding hydrogens is 380 g/mol. The SMILES string of the molecule is COC(=O)[C@@H](NC(=O)[C@H](CO)NC(=O)OCc1ccccc1)[C@@H]1CCCC(=O)C1. The third kappa shape index (κ3) is 6.86. The molecule has 1 aliphatic carbocycles. The highest BCUT2D eigenvalue weighted by Gasteiger charge is 2.35. The molecule has 0 aliphatic heterocycles. The lowest BCUT2D eigenvalue weighted by Crippen LogP contribution is -2.55. The summed E-state index contributed by atoms with van der Waals surface area (Å²) >= 11 is 0. The number of hydrogen-bond acceptors (Lipinski definition) is 7. The number of alkyl carbamates (subject to hydrolysis) is 1. The largest absolute Gasteiger partial charge is 0.467 e. The fraction of sp³-hybridized carbons (Fsp3) is 0.500. The van der Waals surface area contributed by atoms with E-state index in [4.69, 9.17) is 9.47 Å². The van der Waals surface area contributed by atoms with E-state index in [-0.39, 0.29) is 18.8 Å². The Hall–Kier alpha value is -2.94. The number of carbonyl (C=O) groups is 4. The molecule has 0 spiro atoms. The number of Topliss-reactive ketones (excluding diaryl/α,β-unsaturated/α-hetero) is 1. The number of hydrogen-bond donors (Lipinski definition) is 3. The lowest BCUT2D eigenvalue weighted by atomic mass is 9.83. The Labute approximate surface area is 168 Å². The summed E-state index contributed by atoms with van der Waals surface area (Å²) in [5.74, 6) is -1.82. The summed E-state index contributed by atoms with van der Waals surface area (Å²) < 4.78 is 9.78. The van der Waals surface area contributed by atoms with Crippen LogP contribution in [-0.2, 0) is 30.5 Å². The first-order valence-corrected chi connectivity index (χ1v) is 9.42. The van der Waals surface area contributed by atoms with Crippen LogP contribution in [-0.4, -0.2) is 54.7 Å². The first-order valence-electron chi connectivity index (χ1n) is 9.42. The van der Waals surface area contributed by atoms with Crippen molar-refractivity contribution in [3.8, 4) is 0 Å². The minimum Gasteiger partial charge on any atom is -0.467 e. The molecule has 0 aromatic heterocycles. The highest BCUT2D eigenvalue weighted by molar-refractivity contribution is 5.90. The van der Waals surface area contributed by atoms with Gasteiger partial charge in [0.25, 0.3) is 0 Å². The summed E-state index contributed by atoms with van der Waals surface area (Å²) in [4.78, 5) is 48.3. The van der Waals surface area contributed by atoms with Crippen LogP contribution in [0.5, 0.6) is 0 Å². The van der Waals surface area contributed by atoms with Crippen LogP contribution >= 0.6 is 0 Å². The zero-order chi connectivity index (χ0) is 21.2. The molecule has 29 heavy (non-hydrogen) atoms. The number of esters is 1. The van der Waals surface area contributed by atoms with Gasteiger partial charge in [-0.3, -0.25) is 9.59 Å². The molecule has 1 aromatic rings. The molecule has 0 unspecified atom stereocenters. The van der Waals surface area contributed by atoms with Crippen molar-refractivity contribution in [2.24, 2.45) is 5.92 Å². The van der Waals surface area contributed by atoms with E-state index in [9.17, 15) is 24.3 Å². The molecule has 0 heterocycles. The molecule has 1 aliphatic rings. The Bertz CT molecular complexity index is 723. The molecule has 3 atom stereocenters. The van der Waals surface area contributed by atoms with Crippen molar-refractivity contribution in [1.82, 2.24) is 10.6 Å². The Morgan fingerprint density at radius 1 is 1.21 bits per heavy atom. The van der Waals surface area contributed by atoms with Crippen LogP contribution in [0.3, 0.4) is 0 Å². The zero-order valence-corrected chi connectivity index (χ0v) is 16.3. The summed E-state index contributed by atoms with van der Waals surface area (Å²) in [5.41, 5.74) is 0.764. The molecule has 2 rings (SSSR count). The average Bonchev–Trinajstić information content (AvgIpc) is 2.74. The average molecular weight is 406 g/mol. The van der Waals surface area contributed by atoms with Crippen molar-refractivity contribution < 1.29 is 33.8 Å². The van der Waals surface area contributed by atoms with Crippen LogP contribution < -0.4 is 10.6 Å². The first kappa shape index (κ1) is 22.4. The van der Waals surface area contributed by atoms with Gasteiger partial charge in [-0.15, -0.1) is 0 Å². The Kier molecular flexibility index (Phi) is 8.60. The van der Waals surface area contributed by atoms with Crippen LogP contribution in [0.2, 0.25) is 0 Å². The third-order valence-corrected chi connectivity index (χ3v) is 4.75. The van der Waals surface area contributed by atoms with Gasteiger partial charge in [0.05, 0.1) is 13.7 Å². The molecular formula is C20H26N2O7. The molecule has 9 heteroatoms. The number of ether oxygens (including phenoxy) is 2. The van der Waals surface area contributed by atoms with E-state index >= 15 is 0 Å². The van der Waals surface area contributed by atoms with Crippen molar-refractivity contribution >= 4 is 23.8 Å². The molecule has 3 N–H and O–H groups in total. The number of benzene rings is 1. The molecule has 0 bridgehead atoms. The molecule has 158 valence electrons. The van der Waals surface area contributed by atoms with Crippen LogP contribution in [0.4, 0.5) is 4.79 Å². The second-order valence-corrected chi connectivity index (χ2v) is 6.85. The molecule has 0 radical (unpaired) electrons. The van der Waals surface area contributed by atoms with Gasteiger partial charge in [0, 0.05) is 12.8 Å². The number of amides is 2. The number of nitrogens with one attached hydrogen (secondary N) is 2. The first-order chi connectivity index (χ1) is 13.9. The maximum absolute atomic E-state index is 12.5. The number of carbonyl (C=O) groups excluding carboxylic acids is 4. The predicted molar refractivity (Wildman–Crippen MR) is 102 cm³/mol. The van der Waals surface area contributed by atoms with Gasteiger partial charge < -0.3 is 25.2 Å². The van der Waals surface area contributed by atoms with Crippen LogP contribution in [0.25, 0.3) is 0 Å². The van der Waals surface area contributed by atoms with E-state index < -0.39 is 42.6 Å². The van der Waals surface area contributed by atoms with Crippen molar-refractivity contribution in [1.29, 1.82) is 0 Å². The molecule has 0 saturated heterocycles. The quantitative estimate of drug-likeness (QED) is 0.541. The summed E-state index contributed by atoms with van der Waals surface area (Å²) in [6.45, 7) is -0.689. The van der Waals surface area contributed by atoms with E-state index in [0.717, 1.165) is 5.56 Å². The summed E-state index contributed by atoms with van der Waals surface area (Å²) in [6, 6.07) is 6.62. The minimum atomic E-state index is -1.32. The topological polar surface area (TPSA) is 131 Å². The number of aliphatic hydroxyl groups excluding tert-OH is 1. The van der Waals surface area contributed by atoms with Crippen LogP contribution in [0.1, 0.15) is 31.2 Å².